The minimum atomic E-state index is -0.456. The van der Waals surface area contributed by atoms with Crippen molar-refractivity contribution >= 4 is 57.3 Å². The fourth-order valence-electron chi connectivity index (χ4n) is 3.47. The first-order valence-electron chi connectivity index (χ1n) is 10.5. The minimum absolute atomic E-state index is 0.133. The number of nitrogens with one attached hydrogen (secondary N) is 1. The number of carbonyl (C=O) groups is 1. The van der Waals surface area contributed by atoms with Crippen molar-refractivity contribution in [3.63, 3.8) is 0 Å². The van der Waals surface area contributed by atoms with Crippen LogP contribution < -0.4 is 10.1 Å². The second kappa shape index (κ2) is 11.0. The molecule has 9 heteroatoms. The molecule has 0 saturated carbocycles. The van der Waals surface area contributed by atoms with Crippen LogP contribution in [0.3, 0.4) is 0 Å². The Hall–Kier alpha value is -3.00. The number of ether oxygens (including phenoxy) is 1. The number of thioether (sulfide) groups is 1. The van der Waals surface area contributed by atoms with Crippen molar-refractivity contribution in [1.82, 2.24) is 14.8 Å². The molecule has 0 fully saturated rings. The van der Waals surface area contributed by atoms with E-state index in [2.05, 4.69) is 22.1 Å². The second-order valence-electron chi connectivity index (χ2n) is 7.44. The van der Waals surface area contributed by atoms with Crippen LogP contribution in [0.4, 0.5) is 5.69 Å². The highest BCUT2D eigenvalue weighted by Gasteiger charge is 2.21. The van der Waals surface area contributed by atoms with Crippen molar-refractivity contribution in [2.75, 3.05) is 11.1 Å². The van der Waals surface area contributed by atoms with Gasteiger partial charge in [-0.15, -0.1) is 16.8 Å². The average Bonchev–Trinajstić information content (AvgIpc) is 3.23. The number of rotatable bonds is 9. The van der Waals surface area contributed by atoms with Crippen LogP contribution in [-0.2, 0) is 11.3 Å². The number of benzene rings is 3. The van der Waals surface area contributed by atoms with Gasteiger partial charge in [0.2, 0.25) is 5.91 Å². The van der Waals surface area contributed by atoms with E-state index in [1.807, 2.05) is 54.0 Å². The summed E-state index contributed by atoms with van der Waals surface area (Å²) >= 11 is 13.6. The minimum Gasteiger partial charge on any atom is -0.481 e. The topological polar surface area (TPSA) is 69.0 Å². The monoisotopic (exact) mass is 512 g/mol. The van der Waals surface area contributed by atoms with Crippen molar-refractivity contribution < 1.29 is 9.53 Å². The number of amides is 1. The average molecular weight is 513 g/mol. The van der Waals surface area contributed by atoms with Crippen LogP contribution in [0.25, 0.3) is 10.8 Å². The number of hydrogen-bond acceptors (Lipinski definition) is 5. The second-order valence-corrected chi connectivity index (χ2v) is 9.22. The Bertz CT molecular complexity index is 1340. The van der Waals surface area contributed by atoms with E-state index >= 15 is 0 Å². The van der Waals surface area contributed by atoms with Gasteiger partial charge in [0.25, 0.3) is 0 Å². The maximum absolute atomic E-state index is 12.7. The first-order valence-corrected chi connectivity index (χ1v) is 12.3. The molecule has 0 aliphatic carbocycles. The molecule has 4 rings (SSSR count). The molecule has 1 amide bonds. The van der Waals surface area contributed by atoms with Crippen LogP contribution in [-0.4, -0.2) is 26.4 Å². The summed E-state index contributed by atoms with van der Waals surface area (Å²) in [5.41, 5.74) is 0.775. The van der Waals surface area contributed by atoms with E-state index in [1.54, 1.807) is 24.3 Å². The summed E-state index contributed by atoms with van der Waals surface area (Å²) < 4.78 is 7.86. The lowest BCUT2D eigenvalue weighted by molar-refractivity contribution is -0.113. The predicted molar refractivity (Wildman–Crippen MR) is 139 cm³/mol. The number of allylic oxidation sites excluding steroid dienone is 1. The molecule has 1 atom stereocenters. The van der Waals surface area contributed by atoms with Crippen LogP contribution in [0.1, 0.15) is 18.9 Å². The SMILES string of the molecule is C=CCn1c(SCC(=O)Nc2cccc3ccccc23)nnc1C(C)Oc1cc(Cl)ccc1Cl. The molecular formula is C25H22Cl2N4O2S. The summed E-state index contributed by atoms with van der Waals surface area (Å²) in [5.74, 6) is 1.09. The molecule has 3 aromatic carbocycles. The maximum Gasteiger partial charge on any atom is 0.234 e. The fraction of sp³-hybridized carbons (Fsp3) is 0.160. The van der Waals surface area contributed by atoms with E-state index in [-0.39, 0.29) is 11.7 Å². The Labute approximate surface area is 211 Å². The lowest BCUT2D eigenvalue weighted by Crippen LogP contribution is -2.15. The largest absolute Gasteiger partial charge is 0.481 e. The summed E-state index contributed by atoms with van der Waals surface area (Å²) in [7, 11) is 0. The van der Waals surface area contributed by atoms with E-state index in [0.717, 1.165) is 16.5 Å². The molecule has 0 spiro atoms. The third-order valence-electron chi connectivity index (χ3n) is 5.01. The number of hydrogen-bond donors (Lipinski definition) is 1. The molecule has 1 heterocycles. The van der Waals surface area contributed by atoms with Crippen LogP contribution in [0.15, 0.2) is 78.5 Å². The molecular weight excluding hydrogens is 491 g/mol. The van der Waals surface area contributed by atoms with Gasteiger partial charge >= 0.3 is 0 Å². The highest BCUT2D eigenvalue weighted by Crippen LogP contribution is 2.32. The van der Waals surface area contributed by atoms with Gasteiger partial charge in [-0.1, -0.05) is 77.4 Å². The maximum atomic E-state index is 12.7. The normalized spacial score (nSPS) is 11.9. The molecule has 1 unspecified atom stereocenters. The fourth-order valence-corrected chi connectivity index (χ4v) is 4.55. The van der Waals surface area contributed by atoms with Gasteiger partial charge in [-0.2, -0.15) is 0 Å². The molecule has 0 aliphatic heterocycles. The van der Waals surface area contributed by atoms with Gasteiger partial charge in [-0.3, -0.25) is 9.36 Å². The summed E-state index contributed by atoms with van der Waals surface area (Å²) in [6.07, 6.45) is 1.29. The zero-order valence-electron chi connectivity index (χ0n) is 18.4. The van der Waals surface area contributed by atoms with E-state index < -0.39 is 6.10 Å². The third kappa shape index (κ3) is 5.55. The Morgan fingerprint density at radius 1 is 1.18 bits per heavy atom. The molecule has 0 saturated heterocycles. The van der Waals surface area contributed by atoms with Crippen LogP contribution >= 0.6 is 35.0 Å². The van der Waals surface area contributed by atoms with Gasteiger partial charge in [-0.05, 0) is 30.5 Å². The van der Waals surface area contributed by atoms with Crippen molar-refractivity contribution in [3.8, 4) is 5.75 Å². The van der Waals surface area contributed by atoms with E-state index in [4.69, 9.17) is 27.9 Å². The van der Waals surface area contributed by atoms with Crippen molar-refractivity contribution in [2.45, 2.75) is 24.7 Å². The van der Waals surface area contributed by atoms with Gasteiger partial charge < -0.3 is 10.1 Å². The first kappa shape index (κ1) is 24.1. The Balaban J connectivity index is 1.46. The van der Waals surface area contributed by atoms with Crippen LogP contribution in [0, 0.1) is 0 Å². The number of aromatic nitrogens is 3. The number of fused-ring (bicyclic) bond motifs is 1. The molecule has 4 aromatic rings. The zero-order valence-corrected chi connectivity index (χ0v) is 20.7. The third-order valence-corrected chi connectivity index (χ3v) is 6.53. The highest BCUT2D eigenvalue weighted by molar-refractivity contribution is 7.99. The summed E-state index contributed by atoms with van der Waals surface area (Å²) in [6, 6.07) is 18.8. The van der Waals surface area contributed by atoms with Crippen LogP contribution in [0.2, 0.25) is 10.0 Å². The molecule has 0 aliphatic rings. The van der Waals surface area contributed by atoms with Gasteiger partial charge in [0, 0.05) is 28.7 Å². The number of halogens is 2. The quantitative estimate of drug-likeness (QED) is 0.197. The Kier molecular flexibility index (Phi) is 7.77. The lowest BCUT2D eigenvalue weighted by atomic mass is 10.1. The molecule has 6 nitrogen and oxygen atoms in total. The van der Waals surface area contributed by atoms with Gasteiger partial charge in [0.1, 0.15) is 5.75 Å². The smallest absolute Gasteiger partial charge is 0.234 e. The summed E-state index contributed by atoms with van der Waals surface area (Å²) in [5, 5.41) is 15.2. The highest BCUT2D eigenvalue weighted by atomic mass is 35.5. The van der Waals surface area contributed by atoms with Crippen LogP contribution in [0.5, 0.6) is 5.75 Å². The lowest BCUT2D eigenvalue weighted by Gasteiger charge is -2.16. The zero-order chi connectivity index (χ0) is 24.1. The van der Waals surface area contributed by atoms with Gasteiger partial charge in [0.15, 0.2) is 17.1 Å². The van der Waals surface area contributed by atoms with E-state index in [9.17, 15) is 4.79 Å². The molecule has 174 valence electrons. The molecule has 0 radical (unpaired) electrons. The van der Waals surface area contributed by atoms with E-state index in [1.165, 1.54) is 11.8 Å². The standard InChI is InChI=1S/C25H22Cl2N4O2S/c1-3-13-31-24(16(2)33-22-14-18(26)11-12-20(22)27)29-30-25(31)34-15-23(32)28-21-10-6-8-17-7-4-5-9-19(17)21/h3-12,14,16H,1,13,15H2,2H3,(H,28,32). The first-order chi connectivity index (χ1) is 16.5. The van der Waals surface area contributed by atoms with Crippen molar-refractivity contribution in [1.29, 1.82) is 0 Å². The van der Waals surface area contributed by atoms with Crippen molar-refractivity contribution in [3.05, 3.63) is 89.2 Å². The summed E-state index contributed by atoms with van der Waals surface area (Å²) in [6.45, 7) is 6.14. The molecule has 0 bridgehead atoms. The van der Waals surface area contributed by atoms with Gasteiger partial charge in [0.05, 0.1) is 10.8 Å². The summed E-state index contributed by atoms with van der Waals surface area (Å²) in [4.78, 5) is 12.7. The number of carbonyl (C=O) groups excluding carboxylic acids is 1. The molecule has 34 heavy (non-hydrogen) atoms. The molecule has 1 aromatic heterocycles. The Morgan fingerprint density at radius 3 is 2.79 bits per heavy atom. The van der Waals surface area contributed by atoms with Gasteiger partial charge in [-0.25, -0.2) is 0 Å². The van der Waals surface area contributed by atoms with E-state index in [0.29, 0.717) is 33.3 Å². The predicted octanol–water partition coefficient (Wildman–Crippen LogP) is 6.79. The number of nitrogens with zero attached hydrogens (tertiary/aromatic N) is 3. The molecule has 1 N–H and O–H groups in total. The number of anilines is 1. The van der Waals surface area contributed by atoms with Crippen molar-refractivity contribution in [2.24, 2.45) is 0 Å². The Morgan fingerprint density at radius 2 is 1.97 bits per heavy atom.